The van der Waals surface area contributed by atoms with Crippen LogP contribution in [0.2, 0.25) is 0 Å². The van der Waals surface area contributed by atoms with Crippen molar-refractivity contribution >= 4 is 0 Å². The van der Waals surface area contributed by atoms with Crippen LogP contribution < -0.4 is 5.32 Å². The lowest BCUT2D eigenvalue weighted by molar-refractivity contribution is 0.142. The molecule has 0 bridgehead atoms. The molecule has 4 nitrogen and oxygen atoms in total. The molecule has 0 amide bonds. The first-order valence-corrected chi connectivity index (χ1v) is 5.67. The van der Waals surface area contributed by atoms with Crippen LogP contribution in [0.3, 0.4) is 0 Å². The van der Waals surface area contributed by atoms with Crippen molar-refractivity contribution in [3.8, 4) is 0 Å². The van der Waals surface area contributed by atoms with E-state index in [4.69, 9.17) is 0 Å². The van der Waals surface area contributed by atoms with Gasteiger partial charge in [0.1, 0.15) is 0 Å². The highest BCUT2D eigenvalue weighted by Gasteiger charge is 2.25. The molecule has 1 aliphatic carbocycles. The second-order valence-electron chi connectivity index (χ2n) is 4.40. The third kappa shape index (κ3) is 2.79. The van der Waals surface area contributed by atoms with Crippen LogP contribution >= 0.6 is 0 Å². The minimum absolute atomic E-state index is 0.162. The fourth-order valence-electron chi connectivity index (χ4n) is 2.24. The molecule has 4 heteroatoms. The monoisotopic (exact) mass is 209 g/mol. The summed E-state index contributed by atoms with van der Waals surface area (Å²) in [5.41, 5.74) is 0. The number of hydrogen-bond acceptors (Lipinski definition) is 3. The Morgan fingerprint density at radius 2 is 2.47 bits per heavy atom. The topological polar surface area (TPSA) is 50.1 Å². The van der Waals surface area contributed by atoms with Gasteiger partial charge in [-0.2, -0.15) is 5.10 Å². The number of aromatic nitrogens is 2. The van der Waals surface area contributed by atoms with Crippen molar-refractivity contribution in [2.24, 2.45) is 0 Å². The Hall–Kier alpha value is -0.870. The quantitative estimate of drug-likeness (QED) is 0.770. The van der Waals surface area contributed by atoms with E-state index < -0.39 is 0 Å². The number of rotatable bonds is 4. The molecule has 0 aromatic carbocycles. The van der Waals surface area contributed by atoms with Gasteiger partial charge in [-0.3, -0.25) is 4.68 Å². The average molecular weight is 209 g/mol. The predicted molar refractivity (Wildman–Crippen MR) is 58.5 cm³/mol. The summed E-state index contributed by atoms with van der Waals surface area (Å²) < 4.78 is 1.92. The average Bonchev–Trinajstić information content (AvgIpc) is 2.79. The van der Waals surface area contributed by atoms with E-state index in [1.807, 2.05) is 16.9 Å². The van der Waals surface area contributed by atoms with Gasteiger partial charge in [0.2, 0.25) is 0 Å². The molecule has 2 rings (SSSR count). The van der Waals surface area contributed by atoms with Gasteiger partial charge in [0.15, 0.2) is 0 Å². The van der Waals surface area contributed by atoms with Crippen LogP contribution in [0, 0.1) is 0 Å². The van der Waals surface area contributed by atoms with Crippen molar-refractivity contribution in [3.05, 3.63) is 18.5 Å². The molecule has 15 heavy (non-hydrogen) atoms. The van der Waals surface area contributed by atoms with Crippen LogP contribution in [0.25, 0.3) is 0 Å². The number of aliphatic hydroxyl groups excluding tert-OH is 1. The van der Waals surface area contributed by atoms with Gasteiger partial charge in [0, 0.05) is 24.5 Å². The SMILES string of the molecule is CC(Cn1cccn1)N[C@H]1CCC[C@@H]1O. The minimum Gasteiger partial charge on any atom is -0.392 e. The molecule has 1 fully saturated rings. The van der Waals surface area contributed by atoms with Crippen LogP contribution in [0.5, 0.6) is 0 Å². The summed E-state index contributed by atoms with van der Waals surface area (Å²) in [5.74, 6) is 0. The minimum atomic E-state index is -0.162. The van der Waals surface area contributed by atoms with Gasteiger partial charge < -0.3 is 10.4 Å². The standard InChI is InChI=1S/C11H19N3O/c1-9(8-14-7-3-6-12-14)13-10-4-2-5-11(10)15/h3,6-7,9-11,13,15H,2,4-5,8H2,1H3/t9?,10-,11-/m0/s1. The molecule has 0 aliphatic heterocycles. The highest BCUT2D eigenvalue weighted by molar-refractivity contribution is 4.85. The molecular formula is C11H19N3O. The summed E-state index contributed by atoms with van der Waals surface area (Å²) in [5, 5.41) is 17.3. The number of aliphatic hydroxyl groups is 1. The Labute approximate surface area is 90.3 Å². The van der Waals surface area contributed by atoms with E-state index >= 15 is 0 Å². The first-order chi connectivity index (χ1) is 7.25. The van der Waals surface area contributed by atoms with Gasteiger partial charge >= 0.3 is 0 Å². The molecule has 1 saturated carbocycles. The Morgan fingerprint density at radius 1 is 1.60 bits per heavy atom. The summed E-state index contributed by atoms with van der Waals surface area (Å²) >= 11 is 0. The fourth-order valence-corrected chi connectivity index (χ4v) is 2.24. The van der Waals surface area contributed by atoms with Crippen LogP contribution in [0.15, 0.2) is 18.5 Å². The van der Waals surface area contributed by atoms with Crippen molar-refractivity contribution in [2.75, 3.05) is 0 Å². The van der Waals surface area contributed by atoms with Crippen molar-refractivity contribution in [1.29, 1.82) is 0 Å². The molecule has 2 N–H and O–H groups in total. The van der Waals surface area contributed by atoms with Crippen molar-refractivity contribution in [3.63, 3.8) is 0 Å². The summed E-state index contributed by atoms with van der Waals surface area (Å²) in [6, 6.07) is 2.55. The lowest BCUT2D eigenvalue weighted by Crippen LogP contribution is -2.43. The Morgan fingerprint density at radius 3 is 3.07 bits per heavy atom. The molecule has 1 unspecified atom stereocenters. The molecular weight excluding hydrogens is 190 g/mol. The lowest BCUT2D eigenvalue weighted by Gasteiger charge is -2.22. The van der Waals surface area contributed by atoms with E-state index in [9.17, 15) is 5.11 Å². The maximum Gasteiger partial charge on any atom is 0.0693 e. The third-order valence-electron chi connectivity index (χ3n) is 3.00. The fraction of sp³-hybridized carbons (Fsp3) is 0.727. The highest BCUT2D eigenvalue weighted by atomic mass is 16.3. The maximum absolute atomic E-state index is 9.68. The highest BCUT2D eigenvalue weighted by Crippen LogP contribution is 2.19. The van der Waals surface area contributed by atoms with Gasteiger partial charge in [0.05, 0.1) is 12.6 Å². The smallest absolute Gasteiger partial charge is 0.0693 e. The van der Waals surface area contributed by atoms with E-state index in [2.05, 4.69) is 17.3 Å². The summed E-state index contributed by atoms with van der Waals surface area (Å²) in [7, 11) is 0. The van der Waals surface area contributed by atoms with Crippen LogP contribution in [0.4, 0.5) is 0 Å². The van der Waals surface area contributed by atoms with E-state index in [1.54, 1.807) is 6.20 Å². The lowest BCUT2D eigenvalue weighted by atomic mass is 10.2. The van der Waals surface area contributed by atoms with E-state index in [0.717, 1.165) is 25.8 Å². The maximum atomic E-state index is 9.68. The molecule has 0 saturated heterocycles. The van der Waals surface area contributed by atoms with Gasteiger partial charge in [-0.15, -0.1) is 0 Å². The van der Waals surface area contributed by atoms with Crippen molar-refractivity contribution < 1.29 is 5.11 Å². The molecule has 0 spiro atoms. The summed E-state index contributed by atoms with van der Waals surface area (Å²) in [6.07, 6.45) is 6.75. The molecule has 1 aromatic heterocycles. The molecule has 1 aromatic rings. The molecule has 3 atom stereocenters. The third-order valence-corrected chi connectivity index (χ3v) is 3.00. The first-order valence-electron chi connectivity index (χ1n) is 5.67. The van der Waals surface area contributed by atoms with Crippen LogP contribution in [-0.4, -0.2) is 33.1 Å². The molecule has 84 valence electrons. The van der Waals surface area contributed by atoms with Gasteiger partial charge in [-0.25, -0.2) is 0 Å². The van der Waals surface area contributed by atoms with Gasteiger partial charge in [0.25, 0.3) is 0 Å². The Balaban J connectivity index is 1.79. The summed E-state index contributed by atoms with van der Waals surface area (Å²) in [4.78, 5) is 0. The number of hydrogen-bond donors (Lipinski definition) is 2. The zero-order chi connectivity index (χ0) is 10.7. The van der Waals surface area contributed by atoms with E-state index in [0.29, 0.717) is 6.04 Å². The number of nitrogens with one attached hydrogen (secondary N) is 1. The van der Waals surface area contributed by atoms with Crippen molar-refractivity contribution in [1.82, 2.24) is 15.1 Å². The molecule has 1 aliphatic rings. The zero-order valence-corrected chi connectivity index (χ0v) is 9.13. The second-order valence-corrected chi connectivity index (χ2v) is 4.40. The van der Waals surface area contributed by atoms with E-state index in [1.165, 1.54) is 0 Å². The predicted octanol–water partition coefficient (Wildman–Crippen LogP) is 0.775. The zero-order valence-electron chi connectivity index (χ0n) is 9.13. The van der Waals surface area contributed by atoms with Crippen LogP contribution in [0.1, 0.15) is 26.2 Å². The largest absolute Gasteiger partial charge is 0.392 e. The normalized spacial score (nSPS) is 28.1. The Kier molecular flexibility index (Phi) is 3.38. The van der Waals surface area contributed by atoms with Crippen LogP contribution in [-0.2, 0) is 6.54 Å². The first kappa shape index (κ1) is 10.6. The summed E-state index contributed by atoms with van der Waals surface area (Å²) in [6.45, 7) is 2.99. The number of nitrogens with zero attached hydrogens (tertiary/aromatic N) is 2. The Bertz CT molecular complexity index is 286. The second kappa shape index (κ2) is 4.77. The van der Waals surface area contributed by atoms with E-state index in [-0.39, 0.29) is 12.1 Å². The molecule has 1 heterocycles. The molecule has 0 radical (unpaired) electrons. The van der Waals surface area contributed by atoms with Gasteiger partial charge in [-0.1, -0.05) is 0 Å². The van der Waals surface area contributed by atoms with Crippen molar-refractivity contribution in [2.45, 2.75) is 50.9 Å². The van der Waals surface area contributed by atoms with Gasteiger partial charge in [-0.05, 0) is 32.3 Å².